The molecule has 106 valence electrons. The van der Waals surface area contributed by atoms with Crippen LogP contribution in [-0.2, 0) is 6.42 Å². The number of halogens is 1. The van der Waals surface area contributed by atoms with Gasteiger partial charge < -0.3 is 15.5 Å². The van der Waals surface area contributed by atoms with Crippen molar-refractivity contribution in [1.82, 2.24) is 4.90 Å². The van der Waals surface area contributed by atoms with Gasteiger partial charge in [0.15, 0.2) is 0 Å². The maximum absolute atomic E-state index is 6.40. The lowest BCUT2D eigenvalue weighted by Gasteiger charge is -2.36. The van der Waals surface area contributed by atoms with E-state index >= 15 is 0 Å². The lowest BCUT2D eigenvalue weighted by molar-refractivity contribution is 0.249. The fourth-order valence-electron chi connectivity index (χ4n) is 2.75. The van der Waals surface area contributed by atoms with Crippen LogP contribution in [0, 0.1) is 0 Å². The van der Waals surface area contributed by atoms with Crippen molar-refractivity contribution in [3.8, 4) is 0 Å². The molecule has 1 aromatic carbocycles. The van der Waals surface area contributed by atoms with Crippen LogP contribution in [0.1, 0.15) is 18.4 Å². The Hall–Kier alpha value is -0.770. The molecule has 0 bridgehead atoms. The molecule has 1 heterocycles. The molecule has 0 aromatic heterocycles. The first kappa shape index (κ1) is 14.6. The zero-order valence-corrected chi connectivity index (χ0v) is 12.7. The molecule has 0 spiro atoms. The van der Waals surface area contributed by atoms with Gasteiger partial charge in [-0.2, -0.15) is 0 Å². The number of anilines is 1. The van der Waals surface area contributed by atoms with Crippen LogP contribution < -0.4 is 10.6 Å². The second-order valence-electron chi connectivity index (χ2n) is 5.51. The molecule has 0 atom stereocenters. The molecule has 0 unspecified atom stereocenters. The zero-order valence-electron chi connectivity index (χ0n) is 11.9. The second kappa shape index (κ2) is 6.60. The van der Waals surface area contributed by atoms with Crippen LogP contribution in [0.15, 0.2) is 18.2 Å². The molecule has 0 radical (unpaired) electrons. The van der Waals surface area contributed by atoms with Crippen LogP contribution >= 0.6 is 11.6 Å². The van der Waals surface area contributed by atoms with E-state index < -0.39 is 0 Å². The molecule has 4 heteroatoms. The molecule has 2 rings (SSSR count). The van der Waals surface area contributed by atoms with Gasteiger partial charge in [-0.3, -0.25) is 0 Å². The Kier molecular flexibility index (Phi) is 5.08. The molecular formula is C15H24ClN3. The fraction of sp³-hybridized carbons (Fsp3) is 0.600. The maximum atomic E-state index is 6.40. The number of hydrogen-bond acceptors (Lipinski definition) is 3. The Bertz CT molecular complexity index is 412. The molecule has 0 amide bonds. The van der Waals surface area contributed by atoms with Crippen LogP contribution in [-0.4, -0.2) is 44.7 Å². The van der Waals surface area contributed by atoms with Gasteiger partial charge in [-0.05, 0) is 57.6 Å². The lowest BCUT2D eigenvalue weighted by Crippen LogP contribution is -2.42. The second-order valence-corrected chi connectivity index (χ2v) is 5.91. The van der Waals surface area contributed by atoms with Crippen LogP contribution in [0.3, 0.4) is 0 Å². The van der Waals surface area contributed by atoms with Crippen LogP contribution in [0.25, 0.3) is 0 Å². The number of piperidine rings is 1. The van der Waals surface area contributed by atoms with Gasteiger partial charge in [-0.1, -0.05) is 17.7 Å². The van der Waals surface area contributed by atoms with Gasteiger partial charge in [-0.15, -0.1) is 0 Å². The van der Waals surface area contributed by atoms with E-state index in [0.717, 1.165) is 24.5 Å². The third-order valence-electron chi connectivity index (χ3n) is 3.98. The first-order valence-electron chi connectivity index (χ1n) is 7.01. The van der Waals surface area contributed by atoms with Crippen molar-refractivity contribution < 1.29 is 0 Å². The standard InChI is InChI=1S/C15H24ClN3/c1-18(2)13-6-9-19(10-7-13)15-4-3-12(5-8-17)11-14(15)16/h3-4,11,13H,5-10,17H2,1-2H3. The summed E-state index contributed by atoms with van der Waals surface area (Å²) in [5.74, 6) is 0. The van der Waals surface area contributed by atoms with E-state index in [1.165, 1.54) is 24.1 Å². The minimum atomic E-state index is 0.671. The van der Waals surface area contributed by atoms with Crippen molar-refractivity contribution >= 4 is 17.3 Å². The summed E-state index contributed by atoms with van der Waals surface area (Å²) in [6.45, 7) is 2.83. The third kappa shape index (κ3) is 3.62. The third-order valence-corrected chi connectivity index (χ3v) is 4.28. The molecule has 0 aliphatic carbocycles. The predicted molar refractivity (Wildman–Crippen MR) is 83.1 cm³/mol. The van der Waals surface area contributed by atoms with Gasteiger partial charge in [0.2, 0.25) is 0 Å². The van der Waals surface area contributed by atoms with E-state index in [4.69, 9.17) is 17.3 Å². The summed E-state index contributed by atoms with van der Waals surface area (Å²) in [5, 5.41) is 0.856. The minimum absolute atomic E-state index is 0.671. The Morgan fingerprint density at radius 2 is 2.00 bits per heavy atom. The highest BCUT2D eigenvalue weighted by molar-refractivity contribution is 6.33. The molecule has 1 saturated heterocycles. The summed E-state index contributed by atoms with van der Waals surface area (Å²) >= 11 is 6.40. The van der Waals surface area contributed by atoms with E-state index in [9.17, 15) is 0 Å². The van der Waals surface area contributed by atoms with Gasteiger partial charge in [0.25, 0.3) is 0 Å². The molecule has 1 fully saturated rings. The molecule has 3 nitrogen and oxygen atoms in total. The molecule has 1 aliphatic heterocycles. The summed E-state index contributed by atoms with van der Waals surface area (Å²) in [6.07, 6.45) is 3.30. The SMILES string of the molecule is CN(C)C1CCN(c2ccc(CCN)cc2Cl)CC1. The summed E-state index contributed by atoms with van der Waals surface area (Å²) in [6, 6.07) is 7.04. The molecule has 2 N–H and O–H groups in total. The van der Waals surface area contributed by atoms with E-state index in [1.807, 2.05) is 0 Å². The Labute approximate surface area is 121 Å². The highest BCUT2D eigenvalue weighted by Crippen LogP contribution is 2.29. The number of nitrogens with zero attached hydrogens (tertiary/aromatic N) is 2. The van der Waals surface area contributed by atoms with Crippen molar-refractivity contribution in [3.05, 3.63) is 28.8 Å². The molecule has 1 aliphatic rings. The van der Waals surface area contributed by atoms with Gasteiger partial charge in [0.05, 0.1) is 10.7 Å². The zero-order chi connectivity index (χ0) is 13.8. The van der Waals surface area contributed by atoms with Gasteiger partial charge >= 0.3 is 0 Å². The summed E-state index contributed by atoms with van der Waals surface area (Å²) < 4.78 is 0. The number of benzene rings is 1. The number of nitrogens with two attached hydrogens (primary N) is 1. The van der Waals surface area contributed by atoms with E-state index in [1.54, 1.807) is 0 Å². The van der Waals surface area contributed by atoms with Crippen molar-refractivity contribution in [2.45, 2.75) is 25.3 Å². The predicted octanol–water partition coefficient (Wildman–Crippen LogP) is 2.37. The van der Waals surface area contributed by atoms with Crippen LogP contribution in [0.2, 0.25) is 5.02 Å². The quantitative estimate of drug-likeness (QED) is 0.920. The van der Waals surface area contributed by atoms with Crippen molar-refractivity contribution in [1.29, 1.82) is 0 Å². The summed E-state index contributed by atoms with van der Waals surface area (Å²) in [4.78, 5) is 4.72. The maximum Gasteiger partial charge on any atom is 0.0642 e. The van der Waals surface area contributed by atoms with Gasteiger partial charge in [0, 0.05) is 19.1 Å². The van der Waals surface area contributed by atoms with Crippen molar-refractivity contribution in [2.24, 2.45) is 5.73 Å². The first-order valence-corrected chi connectivity index (χ1v) is 7.39. The van der Waals surface area contributed by atoms with E-state index in [0.29, 0.717) is 12.6 Å². The highest BCUT2D eigenvalue weighted by atomic mass is 35.5. The Morgan fingerprint density at radius 1 is 1.32 bits per heavy atom. The van der Waals surface area contributed by atoms with Crippen LogP contribution in [0.5, 0.6) is 0 Å². The topological polar surface area (TPSA) is 32.5 Å². The fourth-order valence-corrected chi connectivity index (χ4v) is 3.07. The number of rotatable bonds is 4. The van der Waals surface area contributed by atoms with Gasteiger partial charge in [0.1, 0.15) is 0 Å². The van der Waals surface area contributed by atoms with E-state index in [2.05, 4.69) is 42.1 Å². The van der Waals surface area contributed by atoms with Gasteiger partial charge in [-0.25, -0.2) is 0 Å². The first-order chi connectivity index (χ1) is 9.11. The van der Waals surface area contributed by atoms with Crippen LogP contribution in [0.4, 0.5) is 5.69 Å². The minimum Gasteiger partial charge on any atom is -0.370 e. The molecular weight excluding hydrogens is 258 g/mol. The highest BCUT2D eigenvalue weighted by Gasteiger charge is 2.21. The monoisotopic (exact) mass is 281 g/mol. The smallest absolute Gasteiger partial charge is 0.0642 e. The Balaban J connectivity index is 2.03. The largest absolute Gasteiger partial charge is 0.370 e. The number of hydrogen-bond donors (Lipinski definition) is 1. The van der Waals surface area contributed by atoms with Crippen molar-refractivity contribution in [3.63, 3.8) is 0 Å². The summed E-state index contributed by atoms with van der Waals surface area (Å²) in [7, 11) is 4.32. The van der Waals surface area contributed by atoms with Crippen molar-refractivity contribution in [2.75, 3.05) is 38.6 Å². The summed E-state index contributed by atoms with van der Waals surface area (Å²) in [5.41, 5.74) is 7.96. The average Bonchev–Trinajstić information content (AvgIpc) is 2.39. The molecule has 1 aromatic rings. The Morgan fingerprint density at radius 3 is 2.53 bits per heavy atom. The average molecular weight is 282 g/mol. The molecule has 0 saturated carbocycles. The molecule has 19 heavy (non-hydrogen) atoms. The normalized spacial score (nSPS) is 17.2. The van der Waals surface area contributed by atoms with E-state index in [-0.39, 0.29) is 0 Å². The lowest BCUT2D eigenvalue weighted by atomic mass is 10.0.